The van der Waals surface area contributed by atoms with Gasteiger partial charge in [-0.15, -0.1) is 0 Å². The fraction of sp³-hybridized carbons (Fsp3) is 0.261. The van der Waals surface area contributed by atoms with Gasteiger partial charge < -0.3 is 0 Å². The normalized spacial score (nSPS) is 10.1. The summed E-state index contributed by atoms with van der Waals surface area (Å²) in [6, 6.07) is 19.5. The second-order valence-electron chi connectivity index (χ2n) is 6.00. The number of hydrogen-bond donors (Lipinski definition) is 0. The van der Waals surface area contributed by atoms with Crippen LogP contribution in [0.4, 0.5) is 0 Å². The molecule has 0 fully saturated rings. The Morgan fingerprint density at radius 1 is 0.625 bits per heavy atom. The molecule has 0 radical (unpaired) electrons. The third-order valence-corrected chi connectivity index (χ3v) is 4.23. The summed E-state index contributed by atoms with van der Waals surface area (Å²) in [5, 5.41) is 0. The molecule has 1 heterocycles. The number of pyridine rings is 1. The monoisotopic (exact) mass is 317 g/mol. The second kappa shape index (κ2) is 7.92. The SMILES string of the molecule is CC.Cc1ccc(-c2cc(-c3ccc(C)cc3)c(C)c(C)n2)cc1. The lowest BCUT2D eigenvalue weighted by Crippen LogP contribution is -1.95. The highest BCUT2D eigenvalue weighted by molar-refractivity contribution is 5.74. The maximum Gasteiger partial charge on any atom is 0.0711 e. The van der Waals surface area contributed by atoms with E-state index in [1.54, 1.807) is 0 Å². The van der Waals surface area contributed by atoms with Crippen LogP contribution in [0.2, 0.25) is 0 Å². The number of hydrogen-bond acceptors (Lipinski definition) is 1. The second-order valence-corrected chi connectivity index (χ2v) is 6.00. The van der Waals surface area contributed by atoms with Crippen LogP contribution in [0.5, 0.6) is 0 Å². The van der Waals surface area contributed by atoms with E-state index in [2.05, 4.69) is 82.3 Å². The van der Waals surface area contributed by atoms with Crippen molar-refractivity contribution >= 4 is 0 Å². The van der Waals surface area contributed by atoms with Gasteiger partial charge in [-0.3, -0.25) is 4.98 Å². The average molecular weight is 317 g/mol. The Labute approximate surface area is 146 Å². The summed E-state index contributed by atoms with van der Waals surface area (Å²) >= 11 is 0. The van der Waals surface area contributed by atoms with E-state index < -0.39 is 0 Å². The van der Waals surface area contributed by atoms with Gasteiger partial charge in [0.25, 0.3) is 0 Å². The van der Waals surface area contributed by atoms with Crippen molar-refractivity contribution in [3.05, 3.63) is 77.0 Å². The molecule has 0 aliphatic rings. The maximum atomic E-state index is 4.78. The van der Waals surface area contributed by atoms with Gasteiger partial charge in [0.05, 0.1) is 5.69 Å². The fourth-order valence-corrected chi connectivity index (χ4v) is 2.64. The van der Waals surface area contributed by atoms with E-state index >= 15 is 0 Å². The minimum absolute atomic E-state index is 1.04. The molecule has 1 heteroatoms. The number of nitrogens with zero attached hydrogens (tertiary/aromatic N) is 1. The predicted molar refractivity (Wildman–Crippen MR) is 105 cm³/mol. The summed E-state index contributed by atoms with van der Waals surface area (Å²) in [4.78, 5) is 4.78. The zero-order valence-electron chi connectivity index (χ0n) is 15.6. The van der Waals surface area contributed by atoms with Crippen LogP contribution >= 0.6 is 0 Å². The number of aromatic nitrogens is 1. The number of benzene rings is 2. The molecular weight excluding hydrogens is 290 g/mol. The first-order valence-corrected chi connectivity index (χ1v) is 8.67. The van der Waals surface area contributed by atoms with Gasteiger partial charge in [-0.2, -0.15) is 0 Å². The lowest BCUT2D eigenvalue weighted by atomic mass is 9.96. The van der Waals surface area contributed by atoms with Crippen LogP contribution < -0.4 is 0 Å². The Kier molecular flexibility index (Phi) is 5.92. The highest BCUT2D eigenvalue weighted by atomic mass is 14.7. The van der Waals surface area contributed by atoms with Crippen LogP contribution in [0.25, 0.3) is 22.4 Å². The van der Waals surface area contributed by atoms with Gasteiger partial charge in [0.15, 0.2) is 0 Å². The zero-order valence-corrected chi connectivity index (χ0v) is 15.6. The molecule has 0 saturated heterocycles. The number of rotatable bonds is 2. The highest BCUT2D eigenvalue weighted by Crippen LogP contribution is 2.30. The molecular formula is C23H27N. The van der Waals surface area contributed by atoms with Crippen LogP contribution in [0.3, 0.4) is 0 Å². The first-order chi connectivity index (χ1) is 11.5. The van der Waals surface area contributed by atoms with E-state index in [1.807, 2.05) is 13.8 Å². The van der Waals surface area contributed by atoms with Crippen LogP contribution in [0.1, 0.15) is 36.2 Å². The third kappa shape index (κ3) is 3.91. The summed E-state index contributed by atoms with van der Waals surface area (Å²) in [6.45, 7) is 12.5. The van der Waals surface area contributed by atoms with Gasteiger partial charge in [-0.05, 0) is 50.5 Å². The summed E-state index contributed by atoms with van der Waals surface area (Å²) in [7, 11) is 0. The van der Waals surface area contributed by atoms with Crippen molar-refractivity contribution < 1.29 is 0 Å². The molecule has 2 aromatic carbocycles. The third-order valence-electron chi connectivity index (χ3n) is 4.23. The molecule has 0 aliphatic carbocycles. The average Bonchev–Trinajstić information content (AvgIpc) is 2.60. The molecule has 0 atom stereocenters. The molecule has 0 N–H and O–H groups in total. The first kappa shape index (κ1) is 17.9. The standard InChI is InChI=1S/C21H21N.C2H6/c1-14-5-9-18(10-6-14)20-13-21(22-17(4)16(20)3)19-11-7-15(2)8-12-19;1-2/h5-13H,1-4H3;1-2H3. The smallest absolute Gasteiger partial charge is 0.0711 e. The molecule has 0 amide bonds. The van der Waals surface area contributed by atoms with Gasteiger partial charge in [0, 0.05) is 11.3 Å². The van der Waals surface area contributed by atoms with E-state index in [0.29, 0.717) is 0 Å². The van der Waals surface area contributed by atoms with E-state index in [9.17, 15) is 0 Å². The maximum absolute atomic E-state index is 4.78. The van der Waals surface area contributed by atoms with Crippen LogP contribution in [0.15, 0.2) is 54.6 Å². The molecule has 3 aromatic rings. The quantitative estimate of drug-likeness (QED) is 0.514. The molecule has 0 aliphatic heterocycles. The van der Waals surface area contributed by atoms with E-state index in [4.69, 9.17) is 4.98 Å². The largest absolute Gasteiger partial charge is 0.253 e. The summed E-state index contributed by atoms with van der Waals surface area (Å²) < 4.78 is 0. The van der Waals surface area contributed by atoms with E-state index in [1.165, 1.54) is 33.4 Å². The molecule has 0 saturated carbocycles. The van der Waals surface area contributed by atoms with Crippen molar-refractivity contribution in [3.63, 3.8) is 0 Å². The minimum Gasteiger partial charge on any atom is -0.253 e. The Morgan fingerprint density at radius 3 is 1.58 bits per heavy atom. The van der Waals surface area contributed by atoms with Gasteiger partial charge in [0.1, 0.15) is 0 Å². The summed E-state index contributed by atoms with van der Waals surface area (Å²) in [5.41, 5.74) is 9.62. The van der Waals surface area contributed by atoms with Crippen molar-refractivity contribution in [2.45, 2.75) is 41.5 Å². The van der Waals surface area contributed by atoms with Crippen molar-refractivity contribution in [3.8, 4) is 22.4 Å². The molecule has 0 bridgehead atoms. The van der Waals surface area contributed by atoms with Crippen molar-refractivity contribution in [1.82, 2.24) is 4.98 Å². The Bertz CT molecular complexity index is 797. The van der Waals surface area contributed by atoms with E-state index in [-0.39, 0.29) is 0 Å². The fourth-order valence-electron chi connectivity index (χ4n) is 2.64. The van der Waals surface area contributed by atoms with Gasteiger partial charge >= 0.3 is 0 Å². The van der Waals surface area contributed by atoms with Crippen LogP contribution in [-0.4, -0.2) is 4.98 Å². The Balaban J connectivity index is 0.00000100. The molecule has 24 heavy (non-hydrogen) atoms. The molecule has 1 aromatic heterocycles. The lowest BCUT2D eigenvalue weighted by Gasteiger charge is -2.12. The Morgan fingerprint density at radius 2 is 1.08 bits per heavy atom. The molecule has 0 unspecified atom stereocenters. The zero-order chi connectivity index (χ0) is 17.7. The topological polar surface area (TPSA) is 12.9 Å². The predicted octanol–water partition coefficient (Wildman–Crippen LogP) is 6.68. The molecule has 0 spiro atoms. The van der Waals surface area contributed by atoms with Crippen molar-refractivity contribution in [2.75, 3.05) is 0 Å². The molecule has 1 nitrogen and oxygen atoms in total. The molecule has 3 rings (SSSR count). The van der Waals surface area contributed by atoms with Gasteiger partial charge in [-0.1, -0.05) is 73.5 Å². The van der Waals surface area contributed by atoms with Crippen molar-refractivity contribution in [1.29, 1.82) is 0 Å². The minimum atomic E-state index is 1.04. The van der Waals surface area contributed by atoms with Crippen LogP contribution in [0, 0.1) is 27.7 Å². The number of aryl methyl sites for hydroxylation is 3. The van der Waals surface area contributed by atoms with Gasteiger partial charge in [0.2, 0.25) is 0 Å². The van der Waals surface area contributed by atoms with Crippen molar-refractivity contribution in [2.24, 2.45) is 0 Å². The first-order valence-electron chi connectivity index (χ1n) is 8.67. The van der Waals surface area contributed by atoms with E-state index in [0.717, 1.165) is 11.4 Å². The Hall–Kier alpha value is -2.41. The van der Waals surface area contributed by atoms with Gasteiger partial charge in [-0.25, -0.2) is 0 Å². The summed E-state index contributed by atoms with van der Waals surface area (Å²) in [5.74, 6) is 0. The molecule has 124 valence electrons. The van der Waals surface area contributed by atoms with Crippen LogP contribution in [-0.2, 0) is 0 Å². The highest BCUT2D eigenvalue weighted by Gasteiger charge is 2.09. The summed E-state index contributed by atoms with van der Waals surface area (Å²) in [6.07, 6.45) is 0. The lowest BCUT2D eigenvalue weighted by molar-refractivity contribution is 1.16.